The van der Waals surface area contributed by atoms with Crippen LogP contribution in [0.5, 0.6) is 5.75 Å². The number of benzene rings is 2. The van der Waals surface area contributed by atoms with Crippen LogP contribution in [0.15, 0.2) is 54.6 Å². The summed E-state index contributed by atoms with van der Waals surface area (Å²) in [6.45, 7) is 5.55. The second-order valence-electron chi connectivity index (χ2n) is 5.40. The third-order valence-corrected chi connectivity index (χ3v) is 3.45. The predicted molar refractivity (Wildman–Crippen MR) is 88.8 cm³/mol. The van der Waals surface area contributed by atoms with Crippen molar-refractivity contribution in [2.75, 3.05) is 13.2 Å². The van der Waals surface area contributed by atoms with Crippen molar-refractivity contribution in [1.82, 2.24) is 4.90 Å². The lowest BCUT2D eigenvalue weighted by atomic mass is 10.2. The van der Waals surface area contributed by atoms with E-state index >= 15 is 0 Å². The number of hydrogen-bond acceptors (Lipinski definition) is 2. The molecule has 0 aromatic heterocycles. The molecule has 0 fully saturated rings. The first-order valence-electron chi connectivity index (χ1n) is 7.70. The summed E-state index contributed by atoms with van der Waals surface area (Å²) in [5, 5.41) is 0. The Labute approximate surface area is 132 Å². The molecule has 2 aromatic rings. The number of hydrogen-bond donors (Lipinski definition) is 0. The zero-order chi connectivity index (χ0) is 15.8. The number of aryl methyl sites for hydroxylation is 1. The van der Waals surface area contributed by atoms with Gasteiger partial charge in [0.2, 0.25) is 0 Å². The van der Waals surface area contributed by atoms with Gasteiger partial charge in [-0.25, -0.2) is 0 Å². The van der Waals surface area contributed by atoms with Crippen LogP contribution in [-0.4, -0.2) is 24.0 Å². The van der Waals surface area contributed by atoms with Crippen LogP contribution in [0.25, 0.3) is 0 Å². The quantitative estimate of drug-likeness (QED) is 0.777. The summed E-state index contributed by atoms with van der Waals surface area (Å²) < 4.78 is 5.60. The molecule has 0 aliphatic carbocycles. The van der Waals surface area contributed by atoms with Gasteiger partial charge in [-0.05, 0) is 31.0 Å². The van der Waals surface area contributed by atoms with Crippen molar-refractivity contribution in [3.63, 3.8) is 0 Å². The molecule has 0 saturated carbocycles. The van der Waals surface area contributed by atoms with Gasteiger partial charge in [-0.15, -0.1) is 0 Å². The molecule has 0 heterocycles. The average molecular weight is 297 g/mol. The number of carbonyl (C=O) groups is 1. The maximum atomic E-state index is 12.4. The van der Waals surface area contributed by atoms with E-state index in [1.54, 1.807) is 0 Å². The predicted octanol–water partition coefficient (Wildman–Crippen LogP) is 3.81. The highest BCUT2D eigenvalue weighted by Crippen LogP contribution is 2.12. The summed E-state index contributed by atoms with van der Waals surface area (Å²) >= 11 is 0. The molecule has 3 nitrogen and oxygen atoms in total. The fraction of sp³-hybridized carbons (Fsp3) is 0.316. The zero-order valence-electron chi connectivity index (χ0n) is 13.3. The van der Waals surface area contributed by atoms with Gasteiger partial charge in [0, 0.05) is 13.1 Å². The van der Waals surface area contributed by atoms with Gasteiger partial charge in [0.25, 0.3) is 5.91 Å². The van der Waals surface area contributed by atoms with Crippen molar-refractivity contribution in [2.45, 2.75) is 26.8 Å². The third kappa shape index (κ3) is 4.92. The second kappa shape index (κ2) is 8.23. The van der Waals surface area contributed by atoms with Crippen LogP contribution >= 0.6 is 0 Å². The summed E-state index contributed by atoms with van der Waals surface area (Å²) in [6.07, 6.45) is 0.934. The lowest BCUT2D eigenvalue weighted by Gasteiger charge is -2.22. The second-order valence-corrected chi connectivity index (χ2v) is 5.40. The van der Waals surface area contributed by atoms with Gasteiger partial charge in [0.15, 0.2) is 6.61 Å². The minimum atomic E-state index is 0.0197. The molecule has 0 radical (unpaired) electrons. The Morgan fingerprint density at radius 2 is 1.73 bits per heavy atom. The molecule has 1 amide bonds. The Bertz CT molecular complexity index is 578. The van der Waals surface area contributed by atoms with Crippen molar-refractivity contribution in [3.05, 3.63) is 65.7 Å². The molecule has 3 heteroatoms. The Hall–Kier alpha value is -2.29. The minimum absolute atomic E-state index is 0.0197. The van der Waals surface area contributed by atoms with Gasteiger partial charge in [-0.3, -0.25) is 4.79 Å². The van der Waals surface area contributed by atoms with E-state index in [1.807, 2.05) is 66.4 Å². The topological polar surface area (TPSA) is 29.5 Å². The van der Waals surface area contributed by atoms with E-state index < -0.39 is 0 Å². The molecule has 0 aliphatic heterocycles. The normalized spacial score (nSPS) is 10.3. The molecule has 0 atom stereocenters. The molecule has 0 spiro atoms. The molecule has 22 heavy (non-hydrogen) atoms. The molecule has 0 N–H and O–H groups in total. The summed E-state index contributed by atoms with van der Waals surface area (Å²) in [7, 11) is 0. The Kier molecular flexibility index (Phi) is 6.01. The number of rotatable bonds is 7. The van der Waals surface area contributed by atoms with Crippen LogP contribution in [0.3, 0.4) is 0 Å². The molecule has 0 aliphatic rings. The first-order valence-corrected chi connectivity index (χ1v) is 7.70. The molecule has 0 bridgehead atoms. The van der Waals surface area contributed by atoms with Crippen molar-refractivity contribution in [2.24, 2.45) is 0 Å². The van der Waals surface area contributed by atoms with Crippen LogP contribution in [0.2, 0.25) is 0 Å². The zero-order valence-corrected chi connectivity index (χ0v) is 13.3. The molecular weight excluding hydrogens is 274 g/mol. The number of carbonyl (C=O) groups excluding carboxylic acids is 1. The van der Waals surface area contributed by atoms with E-state index in [9.17, 15) is 4.79 Å². The number of nitrogens with zero attached hydrogens (tertiary/aromatic N) is 1. The van der Waals surface area contributed by atoms with Crippen LogP contribution in [-0.2, 0) is 11.3 Å². The van der Waals surface area contributed by atoms with Crippen LogP contribution in [0, 0.1) is 6.92 Å². The summed E-state index contributed by atoms with van der Waals surface area (Å²) in [4.78, 5) is 14.2. The van der Waals surface area contributed by atoms with Crippen molar-refractivity contribution < 1.29 is 9.53 Å². The maximum absolute atomic E-state index is 12.4. The Balaban J connectivity index is 1.93. The van der Waals surface area contributed by atoms with E-state index in [4.69, 9.17) is 4.74 Å². The molecule has 2 rings (SSSR count). The van der Waals surface area contributed by atoms with Crippen LogP contribution in [0.4, 0.5) is 0 Å². The fourth-order valence-corrected chi connectivity index (χ4v) is 2.24. The van der Waals surface area contributed by atoms with Crippen LogP contribution < -0.4 is 4.74 Å². The minimum Gasteiger partial charge on any atom is -0.484 e. The highest BCUT2D eigenvalue weighted by molar-refractivity contribution is 5.77. The third-order valence-electron chi connectivity index (χ3n) is 3.45. The average Bonchev–Trinajstić information content (AvgIpc) is 2.54. The van der Waals surface area contributed by atoms with Gasteiger partial charge in [-0.1, -0.05) is 55.0 Å². The summed E-state index contributed by atoms with van der Waals surface area (Å²) in [6, 6.07) is 17.8. The number of amides is 1. The van der Waals surface area contributed by atoms with Gasteiger partial charge in [0.05, 0.1) is 0 Å². The highest BCUT2D eigenvalue weighted by atomic mass is 16.5. The monoisotopic (exact) mass is 297 g/mol. The van der Waals surface area contributed by atoms with E-state index in [0.29, 0.717) is 6.54 Å². The first-order chi connectivity index (χ1) is 10.7. The molecule has 116 valence electrons. The van der Waals surface area contributed by atoms with Gasteiger partial charge >= 0.3 is 0 Å². The van der Waals surface area contributed by atoms with Gasteiger partial charge in [-0.2, -0.15) is 0 Å². The highest BCUT2D eigenvalue weighted by Gasteiger charge is 2.13. The summed E-state index contributed by atoms with van der Waals surface area (Å²) in [5.74, 6) is 0.751. The van der Waals surface area contributed by atoms with E-state index in [2.05, 4.69) is 6.92 Å². The Morgan fingerprint density at radius 1 is 1.05 bits per heavy atom. The lowest BCUT2D eigenvalue weighted by molar-refractivity contribution is -0.134. The van der Waals surface area contributed by atoms with Gasteiger partial charge < -0.3 is 9.64 Å². The van der Waals surface area contributed by atoms with Crippen molar-refractivity contribution >= 4 is 5.91 Å². The van der Waals surface area contributed by atoms with Crippen molar-refractivity contribution in [3.8, 4) is 5.75 Å². The molecule has 0 saturated heterocycles. The standard InChI is InChI=1S/C19H23NO2/c1-3-13-20(14-17-7-5-4-6-8-17)19(21)15-22-18-11-9-16(2)10-12-18/h4-12H,3,13-15H2,1-2H3. The van der Waals surface area contributed by atoms with E-state index in [-0.39, 0.29) is 12.5 Å². The summed E-state index contributed by atoms with van der Waals surface area (Å²) in [5.41, 5.74) is 2.31. The van der Waals surface area contributed by atoms with E-state index in [0.717, 1.165) is 24.3 Å². The molecular formula is C19H23NO2. The maximum Gasteiger partial charge on any atom is 0.260 e. The van der Waals surface area contributed by atoms with E-state index in [1.165, 1.54) is 5.56 Å². The largest absolute Gasteiger partial charge is 0.484 e. The van der Waals surface area contributed by atoms with Crippen molar-refractivity contribution in [1.29, 1.82) is 0 Å². The fourth-order valence-electron chi connectivity index (χ4n) is 2.24. The SMILES string of the molecule is CCCN(Cc1ccccc1)C(=O)COc1ccc(C)cc1. The lowest BCUT2D eigenvalue weighted by Crippen LogP contribution is -2.35. The first kappa shape index (κ1) is 16.1. The molecule has 0 unspecified atom stereocenters. The van der Waals surface area contributed by atoms with Crippen LogP contribution in [0.1, 0.15) is 24.5 Å². The number of ether oxygens (including phenoxy) is 1. The Morgan fingerprint density at radius 3 is 2.36 bits per heavy atom. The smallest absolute Gasteiger partial charge is 0.260 e. The van der Waals surface area contributed by atoms with Gasteiger partial charge in [0.1, 0.15) is 5.75 Å². The molecule has 2 aromatic carbocycles.